The predicted molar refractivity (Wildman–Crippen MR) is 69.9 cm³/mol. The molecule has 0 aromatic carbocycles. The Balaban J connectivity index is 1.63. The van der Waals surface area contributed by atoms with Crippen LogP contribution in [-0.2, 0) is 6.54 Å². The number of likely N-dealkylation sites (tertiary alicyclic amines) is 1. The molecule has 17 heavy (non-hydrogen) atoms. The largest absolute Gasteiger partial charge is 0.345 e. The van der Waals surface area contributed by atoms with E-state index in [1.54, 1.807) is 0 Å². The molecule has 0 unspecified atom stereocenters. The Morgan fingerprint density at radius 2 is 2.24 bits per heavy atom. The van der Waals surface area contributed by atoms with E-state index in [9.17, 15) is 0 Å². The maximum atomic E-state index is 4.20. The van der Waals surface area contributed by atoms with Gasteiger partial charge < -0.3 is 15.2 Å². The van der Waals surface area contributed by atoms with Gasteiger partial charge in [0.25, 0.3) is 0 Å². The van der Waals surface area contributed by atoms with Crippen LogP contribution in [0.1, 0.15) is 31.3 Å². The van der Waals surface area contributed by atoms with E-state index in [1.807, 2.05) is 13.1 Å². The fourth-order valence-corrected chi connectivity index (χ4v) is 2.48. The molecule has 1 aromatic heterocycles. The summed E-state index contributed by atoms with van der Waals surface area (Å²) in [6.07, 6.45) is 4.59. The summed E-state index contributed by atoms with van der Waals surface area (Å²) < 4.78 is 0. The van der Waals surface area contributed by atoms with Gasteiger partial charge in [-0.2, -0.15) is 0 Å². The number of nitrogens with one attached hydrogen (secondary N) is 2. The first-order chi connectivity index (χ1) is 8.28. The highest BCUT2D eigenvalue weighted by Crippen LogP contribution is 2.15. The Morgan fingerprint density at radius 3 is 2.82 bits per heavy atom. The lowest BCUT2D eigenvalue weighted by Crippen LogP contribution is -2.36. The molecule has 0 bridgehead atoms. The van der Waals surface area contributed by atoms with Crippen LogP contribution in [-0.4, -0.2) is 41.0 Å². The topological polar surface area (TPSA) is 44.0 Å². The van der Waals surface area contributed by atoms with Gasteiger partial charge in [0, 0.05) is 18.4 Å². The van der Waals surface area contributed by atoms with E-state index in [2.05, 4.69) is 27.1 Å². The smallest absolute Gasteiger partial charge is 0.103 e. The summed E-state index contributed by atoms with van der Waals surface area (Å²) in [6, 6.07) is 0. The Hall–Kier alpha value is -0.870. The maximum absolute atomic E-state index is 4.20. The number of piperidine rings is 1. The number of imidazole rings is 1. The Bertz CT molecular complexity index is 326. The molecule has 1 aromatic rings. The van der Waals surface area contributed by atoms with Gasteiger partial charge >= 0.3 is 0 Å². The van der Waals surface area contributed by atoms with Crippen molar-refractivity contribution in [3.05, 3.63) is 17.7 Å². The Kier molecular flexibility index (Phi) is 4.57. The average Bonchev–Trinajstić information content (AvgIpc) is 2.76. The molecule has 96 valence electrons. The molecule has 0 aliphatic carbocycles. The molecule has 1 aliphatic rings. The van der Waals surface area contributed by atoms with Crippen LogP contribution in [0.2, 0.25) is 0 Å². The van der Waals surface area contributed by atoms with Crippen LogP contribution in [0.15, 0.2) is 6.20 Å². The molecule has 2 heterocycles. The fraction of sp³-hybridized carbons (Fsp3) is 0.769. The summed E-state index contributed by atoms with van der Waals surface area (Å²) in [6.45, 7) is 10.0. The van der Waals surface area contributed by atoms with Crippen molar-refractivity contribution in [2.75, 3.05) is 26.2 Å². The number of rotatable bonds is 5. The zero-order valence-electron chi connectivity index (χ0n) is 11.0. The second kappa shape index (κ2) is 6.17. The average molecular weight is 236 g/mol. The zero-order valence-corrected chi connectivity index (χ0v) is 11.0. The molecule has 4 nitrogen and oxygen atoms in total. The summed E-state index contributed by atoms with van der Waals surface area (Å²) in [5.74, 6) is 1.85. The Morgan fingerprint density at radius 1 is 1.47 bits per heavy atom. The number of nitrogens with zero attached hydrogens (tertiary/aromatic N) is 2. The second-order valence-electron chi connectivity index (χ2n) is 5.00. The van der Waals surface area contributed by atoms with Gasteiger partial charge in [0.1, 0.15) is 5.82 Å². The number of aryl methyl sites for hydroxylation is 1. The monoisotopic (exact) mass is 236 g/mol. The minimum absolute atomic E-state index is 0.849. The van der Waals surface area contributed by atoms with Crippen molar-refractivity contribution in [3.8, 4) is 0 Å². The van der Waals surface area contributed by atoms with Crippen LogP contribution >= 0.6 is 0 Å². The van der Waals surface area contributed by atoms with E-state index in [-0.39, 0.29) is 0 Å². The van der Waals surface area contributed by atoms with Gasteiger partial charge in [-0.25, -0.2) is 4.98 Å². The van der Waals surface area contributed by atoms with Crippen molar-refractivity contribution in [1.82, 2.24) is 20.2 Å². The third-order valence-electron chi connectivity index (χ3n) is 3.66. The summed E-state index contributed by atoms with van der Waals surface area (Å²) in [5.41, 5.74) is 1.19. The van der Waals surface area contributed by atoms with Crippen molar-refractivity contribution < 1.29 is 0 Å². The first-order valence-electron chi connectivity index (χ1n) is 6.71. The van der Waals surface area contributed by atoms with Crippen LogP contribution in [0.4, 0.5) is 0 Å². The van der Waals surface area contributed by atoms with Crippen molar-refractivity contribution in [1.29, 1.82) is 0 Å². The predicted octanol–water partition coefficient (Wildman–Crippen LogP) is 1.54. The van der Waals surface area contributed by atoms with Crippen molar-refractivity contribution in [2.45, 2.75) is 33.2 Å². The SMILES string of the molecule is CCN1CCC(CNCc2cnc(C)[nH]2)CC1. The van der Waals surface area contributed by atoms with E-state index in [0.717, 1.165) is 24.8 Å². The van der Waals surface area contributed by atoms with Crippen molar-refractivity contribution in [2.24, 2.45) is 5.92 Å². The standard InChI is InChI=1S/C13H24N4/c1-3-17-6-4-12(5-7-17)8-14-9-13-10-15-11(2)16-13/h10,12,14H,3-9H2,1-2H3,(H,15,16). The van der Waals surface area contributed by atoms with E-state index in [0.29, 0.717) is 0 Å². The lowest BCUT2D eigenvalue weighted by molar-refractivity contribution is 0.190. The molecule has 0 amide bonds. The maximum Gasteiger partial charge on any atom is 0.103 e. The van der Waals surface area contributed by atoms with Crippen LogP contribution in [0.5, 0.6) is 0 Å². The number of aromatic amines is 1. The summed E-state index contributed by atoms with van der Waals surface area (Å²) in [4.78, 5) is 9.99. The number of H-pyrrole nitrogens is 1. The minimum Gasteiger partial charge on any atom is -0.345 e. The van der Waals surface area contributed by atoms with E-state index < -0.39 is 0 Å². The molecule has 0 spiro atoms. The van der Waals surface area contributed by atoms with Gasteiger partial charge in [-0.15, -0.1) is 0 Å². The third-order valence-corrected chi connectivity index (χ3v) is 3.66. The van der Waals surface area contributed by atoms with Gasteiger partial charge in [-0.3, -0.25) is 0 Å². The van der Waals surface area contributed by atoms with Crippen molar-refractivity contribution >= 4 is 0 Å². The summed E-state index contributed by atoms with van der Waals surface area (Å²) >= 11 is 0. The van der Waals surface area contributed by atoms with Crippen LogP contribution in [0, 0.1) is 12.8 Å². The highest BCUT2D eigenvalue weighted by Gasteiger charge is 2.17. The molecule has 1 fully saturated rings. The highest BCUT2D eigenvalue weighted by molar-refractivity contribution is 4.99. The quantitative estimate of drug-likeness (QED) is 0.815. The number of aromatic nitrogens is 2. The van der Waals surface area contributed by atoms with E-state index in [4.69, 9.17) is 0 Å². The molecule has 0 radical (unpaired) electrons. The first-order valence-corrected chi connectivity index (χ1v) is 6.71. The van der Waals surface area contributed by atoms with E-state index >= 15 is 0 Å². The fourth-order valence-electron chi connectivity index (χ4n) is 2.48. The van der Waals surface area contributed by atoms with Gasteiger partial charge in [0.05, 0.1) is 0 Å². The molecule has 1 saturated heterocycles. The molecular weight excluding hydrogens is 212 g/mol. The molecular formula is C13H24N4. The summed E-state index contributed by atoms with van der Waals surface area (Å²) in [5, 5.41) is 3.53. The van der Waals surface area contributed by atoms with Gasteiger partial charge in [0.15, 0.2) is 0 Å². The molecule has 2 rings (SSSR count). The first kappa shape index (κ1) is 12.6. The van der Waals surface area contributed by atoms with Gasteiger partial charge in [-0.1, -0.05) is 6.92 Å². The molecule has 4 heteroatoms. The van der Waals surface area contributed by atoms with Crippen LogP contribution in [0.25, 0.3) is 0 Å². The normalized spacial score (nSPS) is 18.7. The number of hydrogen-bond donors (Lipinski definition) is 2. The molecule has 0 atom stereocenters. The second-order valence-corrected chi connectivity index (χ2v) is 5.00. The van der Waals surface area contributed by atoms with E-state index in [1.165, 1.54) is 38.2 Å². The summed E-state index contributed by atoms with van der Waals surface area (Å²) in [7, 11) is 0. The molecule has 0 saturated carbocycles. The minimum atomic E-state index is 0.849. The lowest BCUT2D eigenvalue weighted by Gasteiger charge is -2.31. The third kappa shape index (κ3) is 3.82. The molecule has 1 aliphatic heterocycles. The zero-order chi connectivity index (χ0) is 12.1. The van der Waals surface area contributed by atoms with Gasteiger partial charge in [0.2, 0.25) is 0 Å². The van der Waals surface area contributed by atoms with Crippen LogP contribution < -0.4 is 5.32 Å². The van der Waals surface area contributed by atoms with Crippen LogP contribution in [0.3, 0.4) is 0 Å². The van der Waals surface area contributed by atoms with Crippen molar-refractivity contribution in [3.63, 3.8) is 0 Å². The lowest BCUT2D eigenvalue weighted by atomic mass is 9.97. The Labute approximate surface area is 104 Å². The number of hydrogen-bond acceptors (Lipinski definition) is 3. The highest BCUT2D eigenvalue weighted by atomic mass is 15.1. The van der Waals surface area contributed by atoms with Gasteiger partial charge in [-0.05, 0) is 51.9 Å². The molecule has 2 N–H and O–H groups in total.